The van der Waals surface area contributed by atoms with Gasteiger partial charge in [0.2, 0.25) is 5.28 Å². The third-order valence-corrected chi connectivity index (χ3v) is 4.25. The highest BCUT2D eigenvalue weighted by Crippen LogP contribution is 2.30. The van der Waals surface area contributed by atoms with E-state index in [-0.39, 0.29) is 5.28 Å². The summed E-state index contributed by atoms with van der Waals surface area (Å²) in [5.41, 5.74) is 0.949. The first-order chi connectivity index (χ1) is 13.2. The molecular weight excluding hydrogens is 395 g/mol. The highest BCUT2D eigenvalue weighted by Gasteiger charge is 2.34. The number of alkyl halides is 3. The topological polar surface area (TPSA) is 56.1 Å². The largest absolute Gasteiger partial charge is 0.491 e. The Morgan fingerprint density at radius 2 is 1.89 bits per heavy atom. The summed E-state index contributed by atoms with van der Waals surface area (Å²) in [5, 5.41) is 3.76. The summed E-state index contributed by atoms with van der Waals surface area (Å²) in [4.78, 5) is 9.90. The van der Waals surface area contributed by atoms with Crippen molar-refractivity contribution < 1.29 is 17.9 Å². The van der Waals surface area contributed by atoms with Gasteiger partial charge in [-0.05, 0) is 42.3 Å². The number of anilines is 1. The van der Waals surface area contributed by atoms with Gasteiger partial charge < -0.3 is 9.64 Å². The quantitative estimate of drug-likeness (QED) is 0.586. The fourth-order valence-electron chi connectivity index (χ4n) is 2.72. The van der Waals surface area contributed by atoms with E-state index >= 15 is 0 Å². The van der Waals surface area contributed by atoms with Gasteiger partial charge in [-0.1, -0.05) is 12.1 Å². The molecule has 0 aliphatic rings. The third kappa shape index (κ3) is 4.19. The molecule has 0 amide bonds. The summed E-state index contributed by atoms with van der Waals surface area (Å²) >= 11 is 5.86. The van der Waals surface area contributed by atoms with Crippen LogP contribution in [0.2, 0.25) is 5.28 Å². The van der Waals surface area contributed by atoms with E-state index in [9.17, 15) is 13.2 Å². The van der Waals surface area contributed by atoms with Crippen LogP contribution >= 0.6 is 11.6 Å². The maximum Gasteiger partial charge on any atom is 0.435 e. The standard InChI is InChI=1S/C18H17ClF3N5O/c1-11-8-15(18(20,21)22)25-27(11)13-6-4-12(5-7-13)10-26(2)16-14(28-3)9-23-17(19)24-16/h4-9H,10H2,1-3H3. The van der Waals surface area contributed by atoms with Crippen LogP contribution in [0.5, 0.6) is 5.75 Å². The molecule has 148 valence electrons. The molecule has 0 unspecified atom stereocenters. The zero-order valence-corrected chi connectivity index (χ0v) is 16.1. The number of hydrogen-bond donors (Lipinski definition) is 0. The number of benzene rings is 1. The molecule has 0 saturated heterocycles. The van der Waals surface area contributed by atoms with Crippen LogP contribution in [0.1, 0.15) is 17.0 Å². The number of methoxy groups -OCH3 is 1. The number of ether oxygens (including phenoxy) is 1. The van der Waals surface area contributed by atoms with Gasteiger partial charge in [-0.3, -0.25) is 0 Å². The van der Waals surface area contributed by atoms with Crippen molar-refractivity contribution in [2.24, 2.45) is 0 Å². The van der Waals surface area contributed by atoms with E-state index in [1.54, 1.807) is 19.1 Å². The Morgan fingerprint density at radius 3 is 2.46 bits per heavy atom. The number of halogens is 4. The zero-order chi connectivity index (χ0) is 20.5. The molecule has 0 fully saturated rings. The van der Waals surface area contributed by atoms with E-state index in [0.717, 1.165) is 11.6 Å². The molecule has 6 nitrogen and oxygen atoms in total. The molecule has 0 bridgehead atoms. The zero-order valence-electron chi connectivity index (χ0n) is 15.3. The van der Waals surface area contributed by atoms with Crippen LogP contribution in [0.15, 0.2) is 36.5 Å². The lowest BCUT2D eigenvalue weighted by Crippen LogP contribution is -2.19. The average Bonchev–Trinajstić information content (AvgIpc) is 3.04. The first kappa shape index (κ1) is 19.9. The lowest BCUT2D eigenvalue weighted by molar-refractivity contribution is -0.141. The van der Waals surface area contributed by atoms with Crippen LogP contribution in [-0.4, -0.2) is 33.9 Å². The number of aryl methyl sites for hydroxylation is 1. The predicted octanol–water partition coefficient (Wildman–Crippen LogP) is 4.29. The second-order valence-electron chi connectivity index (χ2n) is 6.13. The highest BCUT2D eigenvalue weighted by atomic mass is 35.5. The number of hydrogen-bond acceptors (Lipinski definition) is 5. The van der Waals surface area contributed by atoms with E-state index in [4.69, 9.17) is 16.3 Å². The van der Waals surface area contributed by atoms with Gasteiger partial charge >= 0.3 is 6.18 Å². The Hall–Kier alpha value is -2.81. The van der Waals surface area contributed by atoms with Crippen molar-refractivity contribution >= 4 is 17.4 Å². The van der Waals surface area contributed by atoms with Crippen molar-refractivity contribution in [3.63, 3.8) is 0 Å². The summed E-state index contributed by atoms with van der Waals surface area (Å²) in [7, 11) is 3.34. The predicted molar refractivity (Wildman–Crippen MR) is 99.0 cm³/mol. The van der Waals surface area contributed by atoms with Crippen LogP contribution in [0.4, 0.5) is 19.0 Å². The first-order valence-corrected chi connectivity index (χ1v) is 8.57. The van der Waals surface area contributed by atoms with Crippen molar-refractivity contribution in [2.45, 2.75) is 19.6 Å². The van der Waals surface area contributed by atoms with Crippen LogP contribution < -0.4 is 9.64 Å². The molecule has 0 N–H and O–H groups in total. The van der Waals surface area contributed by atoms with Gasteiger partial charge in [-0.2, -0.15) is 23.3 Å². The van der Waals surface area contributed by atoms with Gasteiger partial charge in [0.1, 0.15) is 0 Å². The van der Waals surface area contributed by atoms with Crippen LogP contribution in [-0.2, 0) is 12.7 Å². The van der Waals surface area contributed by atoms with Crippen molar-refractivity contribution in [2.75, 3.05) is 19.1 Å². The monoisotopic (exact) mass is 411 g/mol. The normalized spacial score (nSPS) is 11.5. The maximum atomic E-state index is 12.8. The molecule has 28 heavy (non-hydrogen) atoms. The van der Waals surface area contributed by atoms with Crippen LogP contribution in [0.3, 0.4) is 0 Å². The lowest BCUT2D eigenvalue weighted by atomic mass is 10.2. The Balaban J connectivity index is 1.80. The first-order valence-electron chi connectivity index (χ1n) is 8.20. The van der Waals surface area contributed by atoms with Gasteiger partial charge in [0, 0.05) is 19.3 Å². The van der Waals surface area contributed by atoms with Gasteiger partial charge in [-0.25, -0.2) is 9.67 Å². The smallest absolute Gasteiger partial charge is 0.435 e. The lowest BCUT2D eigenvalue weighted by Gasteiger charge is -2.20. The van der Waals surface area contributed by atoms with E-state index in [2.05, 4.69) is 15.1 Å². The average molecular weight is 412 g/mol. The summed E-state index contributed by atoms with van der Waals surface area (Å²) in [6, 6.07) is 8.08. The van der Waals surface area contributed by atoms with Crippen LogP contribution in [0, 0.1) is 6.92 Å². The summed E-state index contributed by atoms with van der Waals surface area (Å²) in [5.74, 6) is 1.01. The Morgan fingerprint density at radius 1 is 1.21 bits per heavy atom. The molecule has 0 spiro atoms. The molecule has 0 aliphatic heterocycles. The third-order valence-electron chi connectivity index (χ3n) is 4.07. The van der Waals surface area contributed by atoms with Crippen molar-refractivity contribution in [1.29, 1.82) is 0 Å². The molecule has 0 saturated carbocycles. The molecule has 10 heteroatoms. The van der Waals surface area contributed by atoms with E-state index in [1.165, 1.54) is 18.0 Å². The Kier molecular flexibility index (Phi) is 5.46. The molecule has 0 aliphatic carbocycles. The number of rotatable bonds is 5. The van der Waals surface area contributed by atoms with Gasteiger partial charge in [0.05, 0.1) is 19.0 Å². The Bertz CT molecular complexity index is 972. The van der Waals surface area contributed by atoms with E-state index in [1.807, 2.05) is 24.1 Å². The minimum Gasteiger partial charge on any atom is -0.491 e. The van der Waals surface area contributed by atoms with Gasteiger partial charge in [-0.15, -0.1) is 0 Å². The van der Waals surface area contributed by atoms with Gasteiger partial charge in [0.25, 0.3) is 0 Å². The van der Waals surface area contributed by atoms with E-state index < -0.39 is 11.9 Å². The molecule has 2 aromatic heterocycles. The van der Waals surface area contributed by atoms with E-state index in [0.29, 0.717) is 29.5 Å². The van der Waals surface area contributed by atoms with Crippen molar-refractivity contribution in [3.8, 4) is 11.4 Å². The molecular formula is C18H17ClF3N5O. The Labute approximate surface area is 164 Å². The SMILES string of the molecule is COc1cnc(Cl)nc1N(C)Cc1ccc(-n2nc(C(F)(F)F)cc2C)cc1. The van der Waals surface area contributed by atoms with Crippen molar-refractivity contribution in [3.05, 3.63) is 58.8 Å². The maximum absolute atomic E-state index is 12.8. The fourth-order valence-corrected chi connectivity index (χ4v) is 2.85. The molecule has 3 aromatic rings. The number of nitrogens with zero attached hydrogens (tertiary/aromatic N) is 5. The molecule has 1 aromatic carbocycles. The van der Waals surface area contributed by atoms with Crippen LogP contribution in [0.25, 0.3) is 5.69 Å². The molecule has 2 heterocycles. The number of aromatic nitrogens is 4. The summed E-state index contributed by atoms with van der Waals surface area (Å²) < 4.78 is 45.1. The summed E-state index contributed by atoms with van der Waals surface area (Å²) in [6.07, 6.45) is -2.99. The second kappa shape index (κ2) is 7.67. The van der Waals surface area contributed by atoms with Crippen molar-refractivity contribution in [1.82, 2.24) is 19.7 Å². The molecule has 0 radical (unpaired) electrons. The minimum absolute atomic E-state index is 0.104. The minimum atomic E-state index is -4.48. The van der Waals surface area contributed by atoms with Gasteiger partial charge in [0.15, 0.2) is 17.3 Å². The highest BCUT2D eigenvalue weighted by molar-refractivity contribution is 6.28. The fraction of sp³-hybridized carbons (Fsp3) is 0.278. The summed E-state index contributed by atoms with van der Waals surface area (Å²) in [6.45, 7) is 2.06. The molecule has 0 atom stereocenters. The second-order valence-corrected chi connectivity index (χ2v) is 6.47. The molecule has 3 rings (SSSR count).